The van der Waals surface area contributed by atoms with Gasteiger partial charge in [0.05, 0.1) is 19.9 Å². The summed E-state index contributed by atoms with van der Waals surface area (Å²) in [6.45, 7) is 0. The lowest BCUT2D eigenvalue weighted by Gasteiger charge is -2.25. The summed E-state index contributed by atoms with van der Waals surface area (Å²) in [7, 11) is 2.70. The number of nitrogens with two attached hydrogens (primary N) is 1. The number of hydrogen-bond acceptors (Lipinski definition) is 4. The lowest BCUT2D eigenvalue weighted by molar-refractivity contribution is 0.347. The van der Waals surface area contributed by atoms with Crippen molar-refractivity contribution in [3.63, 3.8) is 0 Å². The Balaban J connectivity index is 1.73. The number of anilines is 1. The number of ether oxygens (including phenoxy) is 2. The molecule has 146 valence electrons. The third-order valence-electron chi connectivity index (χ3n) is 5.38. The van der Waals surface area contributed by atoms with E-state index in [0.717, 1.165) is 22.5 Å². The van der Waals surface area contributed by atoms with E-state index < -0.39 is 11.6 Å². The molecule has 0 saturated carbocycles. The third kappa shape index (κ3) is 2.87. The number of nitrogen functional groups attached to an aromatic ring is 1. The highest BCUT2D eigenvalue weighted by atomic mass is 19.1. The number of aromatic nitrogens is 2. The zero-order chi connectivity index (χ0) is 19.8. The van der Waals surface area contributed by atoms with Crippen LogP contribution in [0.2, 0.25) is 0 Å². The number of nitrogens with one attached hydrogen (secondary N) is 1. The van der Waals surface area contributed by atoms with Crippen molar-refractivity contribution in [1.82, 2.24) is 10.2 Å². The van der Waals surface area contributed by atoms with Gasteiger partial charge in [0.15, 0.2) is 23.1 Å². The minimum Gasteiger partial charge on any atom is -0.494 e. The summed E-state index contributed by atoms with van der Waals surface area (Å²) in [6, 6.07) is 8.76. The molecule has 1 heterocycles. The van der Waals surface area contributed by atoms with E-state index in [9.17, 15) is 8.78 Å². The van der Waals surface area contributed by atoms with E-state index >= 15 is 0 Å². The highest BCUT2D eigenvalue weighted by Crippen LogP contribution is 2.42. The van der Waals surface area contributed by atoms with Gasteiger partial charge >= 0.3 is 0 Å². The molecule has 1 atom stereocenters. The predicted octanol–water partition coefficient (Wildman–Crippen LogP) is 4.23. The molecule has 1 aliphatic rings. The molecule has 2 aromatic carbocycles. The number of nitrogens with zero attached hydrogens (tertiary/aromatic N) is 1. The summed E-state index contributed by atoms with van der Waals surface area (Å²) in [5.41, 5.74) is 10.3. The highest BCUT2D eigenvalue weighted by Gasteiger charge is 2.32. The van der Waals surface area contributed by atoms with E-state index in [1.807, 2.05) is 24.3 Å². The van der Waals surface area contributed by atoms with Crippen molar-refractivity contribution >= 4 is 5.69 Å². The normalized spacial score (nSPS) is 15.9. The first kappa shape index (κ1) is 18.3. The van der Waals surface area contributed by atoms with Gasteiger partial charge in [0, 0.05) is 34.1 Å². The number of para-hydroxylation sites is 1. The zero-order valence-corrected chi connectivity index (χ0v) is 15.7. The molecule has 0 fully saturated rings. The molecule has 0 bridgehead atoms. The van der Waals surface area contributed by atoms with Crippen LogP contribution in [0.1, 0.15) is 29.2 Å². The van der Waals surface area contributed by atoms with E-state index in [1.165, 1.54) is 20.3 Å². The van der Waals surface area contributed by atoms with Gasteiger partial charge in [-0.25, -0.2) is 8.78 Å². The van der Waals surface area contributed by atoms with Crippen molar-refractivity contribution in [1.29, 1.82) is 0 Å². The van der Waals surface area contributed by atoms with E-state index in [4.69, 9.17) is 15.2 Å². The molecule has 7 heteroatoms. The summed E-state index contributed by atoms with van der Waals surface area (Å²) in [6.07, 6.45) is 1.66. The number of fused-ring (bicyclic) bond motifs is 1. The molecule has 1 unspecified atom stereocenters. The van der Waals surface area contributed by atoms with Crippen LogP contribution in [-0.2, 0) is 12.8 Å². The van der Waals surface area contributed by atoms with Crippen molar-refractivity contribution < 1.29 is 18.3 Å². The van der Waals surface area contributed by atoms with Crippen LogP contribution >= 0.6 is 0 Å². The Hall–Kier alpha value is -3.09. The predicted molar refractivity (Wildman–Crippen MR) is 103 cm³/mol. The van der Waals surface area contributed by atoms with E-state index in [-0.39, 0.29) is 23.0 Å². The maximum atomic E-state index is 14.9. The van der Waals surface area contributed by atoms with Crippen LogP contribution in [0, 0.1) is 11.6 Å². The maximum Gasteiger partial charge on any atom is 0.171 e. The molecule has 28 heavy (non-hydrogen) atoms. The number of hydrogen-bond donors (Lipinski definition) is 2. The van der Waals surface area contributed by atoms with Crippen LogP contribution in [0.25, 0.3) is 11.3 Å². The van der Waals surface area contributed by atoms with Crippen LogP contribution in [0.4, 0.5) is 14.5 Å². The Morgan fingerprint density at radius 1 is 1.11 bits per heavy atom. The summed E-state index contributed by atoms with van der Waals surface area (Å²) in [5, 5.41) is 7.46. The second kappa shape index (κ2) is 7.14. The van der Waals surface area contributed by atoms with Crippen LogP contribution in [0.15, 0.2) is 30.3 Å². The number of aromatic amines is 1. The first-order valence-corrected chi connectivity index (χ1v) is 9.06. The number of H-pyrrole nitrogens is 1. The first-order chi connectivity index (χ1) is 13.5. The summed E-state index contributed by atoms with van der Waals surface area (Å²) >= 11 is 0. The molecule has 1 aromatic heterocycles. The molecule has 0 amide bonds. The van der Waals surface area contributed by atoms with Gasteiger partial charge in [0.25, 0.3) is 0 Å². The quantitative estimate of drug-likeness (QED) is 0.660. The first-order valence-electron chi connectivity index (χ1n) is 9.06. The highest BCUT2D eigenvalue weighted by molar-refractivity contribution is 5.76. The molecule has 3 aromatic rings. The minimum absolute atomic E-state index is 0.00257. The van der Waals surface area contributed by atoms with Crippen LogP contribution in [-0.4, -0.2) is 24.4 Å². The topological polar surface area (TPSA) is 73.2 Å². The lowest BCUT2D eigenvalue weighted by atomic mass is 9.81. The van der Waals surface area contributed by atoms with Crippen LogP contribution < -0.4 is 15.2 Å². The van der Waals surface area contributed by atoms with Gasteiger partial charge < -0.3 is 15.2 Å². The van der Waals surface area contributed by atoms with Gasteiger partial charge in [0.1, 0.15) is 0 Å². The second-order valence-corrected chi connectivity index (χ2v) is 6.88. The molecule has 4 rings (SSSR count). The summed E-state index contributed by atoms with van der Waals surface area (Å²) in [5.74, 6) is -1.76. The van der Waals surface area contributed by atoms with Crippen molar-refractivity contribution in [2.45, 2.75) is 25.2 Å². The fourth-order valence-corrected chi connectivity index (χ4v) is 3.95. The molecule has 1 aliphatic carbocycles. The van der Waals surface area contributed by atoms with Crippen molar-refractivity contribution in [3.05, 3.63) is 58.8 Å². The molecule has 3 N–H and O–H groups in total. The Labute approximate surface area is 161 Å². The molecule has 0 radical (unpaired) electrons. The lowest BCUT2D eigenvalue weighted by Crippen LogP contribution is -2.16. The fraction of sp³-hybridized carbons (Fsp3) is 0.286. The van der Waals surface area contributed by atoms with Gasteiger partial charge in [-0.3, -0.25) is 5.10 Å². The van der Waals surface area contributed by atoms with E-state index in [1.54, 1.807) is 0 Å². The third-order valence-corrected chi connectivity index (χ3v) is 5.38. The van der Waals surface area contributed by atoms with Crippen LogP contribution in [0.3, 0.4) is 0 Å². The number of rotatable bonds is 4. The van der Waals surface area contributed by atoms with Gasteiger partial charge in [-0.1, -0.05) is 18.2 Å². The summed E-state index contributed by atoms with van der Waals surface area (Å²) in [4.78, 5) is 0. The molecular weight excluding hydrogens is 364 g/mol. The maximum absolute atomic E-state index is 14.9. The minimum atomic E-state index is -0.679. The smallest absolute Gasteiger partial charge is 0.171 e. The van der Waals surface area contributed by atoms with Gasteiger partial charge in [0.2, 0.25) is 0 Å². The van der Waals surface area contributed by atoms with Crippen molar-refractivity contribution in [2.75, 3.05) is 20.0 Å². The Kier molecular flexibility index (Phi) is 4.66. The molecule has 0 aliphatic heterocycles. The number of benzene rings is 2. The fourth-order valence-electron chi connectivity index (χ4n) is 3.95. The Morgan fingerprint density at radius 2 is 1.79 bits per heavy atom. The average molecular weight is 385 g/mol. The van der Waals surface area contributed by atoms with Crippen molar-refractivity contribution in [3.8, 4) is 22.8 Å². The van der Waals surface area contributed by atoms with Gasteiger partial charge in [-0.05, 0) is 31.2 Å². The van der Waals surface area contributed by atoms with Crippen molar-refractivity contribution in [2.24, 2.45) is 0 Å². The van der Waals surface area contributed by atoms with E-state index in [2.05, 4.69) is 10.2 Å². The zero-order valence-electron chi connectivity index (χ0n) is 15.7. The summed E-state index contributed by atoms with van der Waals surface area (Å²) < 4.78 is 39.9. The SMILES string of the molecule is COc1cc(OC)c(F)c(C2CCc3c(-c4ccccc4N)n[nH]c3C2)c1F. The molecule has 0 spiro atoms. The van der Waals surface area contributed by atoms with Gasteiger partial charge in [-0.15, -0.1) is 0 Å². The molecular formula is C21H21F2N3O2. The number of methoxy groups -OCH3 is 2. The van der Waals surface area contributed by atoms with Crippen LogP contribution in [0.5, 0.6) is 11.5 Å². The second-order valence-electron chi connectivity index (χ2n) is 6.88. The van der Waals surface area contributed by atoms with Gasteiger partial charge in [-0.2, -0.15) is 5.10 Å². The average Bonchev–Trinajstić information content (AvgIpc) is 3.12. The van der Waals surface area contributed by atoms with E-state index in [0.29, 0.717) is 24.9 Å². The largest absolute Gasteiger partial charge is 0.494 e. The Bertz CT molecular complexity index is 1000. The molecule has 5 nitrogen and oxygen atoms in total. The standard InChI is InChI=1S/C21H21F2N3O2/c1-27-16-10-17(28-2)20(23)18(19(16)22)11-7-8-13-15(9-11)25-26-21(13)12-5-3-4-6-14(12)24/h3-6,10-11H,7-9,24H2,1-2H3,(H,25,26). The Morgan fingerprint density at radius 3 is 2.43 bits per heavy atom. The monoisotopic (exact) mass is 385 g/mol. The molecule has 0 saturated heterocycles. The number of halogens is 2.